The third-order valence-electron chi connectivity index (χ3n) is 2.13. The van der Waals surface area contributed by atoms with Gasteiger partial charge < -0.3 is 21.9 Å². The lowest BCUT2D eigenvalue weighted by atomic mass is 10.3. The lowest BCUT2D eigenvalue weighted by Crippen LogP contribution is -2.34. The molecule has 1 amide bonds. The van der Waals surface area contributed by atoms with Gasteiger partial charge in [-0.1, -0.05) is 0 Å². The number of hydrogen-bond donors (Lipinski definition) is 4. The van der Waals surface area contributed by atoms with Crippen molar-refractivity contribution in [2.75, 3.05) is 17.6 Å². The SMILES string of the molecule is NC(=O)C(O)CNc1nc(N)nc2sccc12. The minimum atomic E-state index is -1.26. The molecule has 0 saturated carbocycles. The minimum absolute atomic E-state index is 0.0171. The molecule has 0 aliphatic carbocycles. The van der Waals surface area contributed by atoms with Crippen LogP contribution < -0.4 is 16.8 Å². The monoisotopic (exact) mass is 253 g/mol. The van der Waals surface area contributed by atoms with Crippen LogP contribution in [0.3, 0.4) is 0 Å². The van der Waals surface area contributed by atoms with Crippen molar-refractivity contribution in [3.8, 4) is 0 Å². The van der Waals surface area contributed by atoms with Crippen molar-refractivity contribution in [2.24, 2.45) is 5.73 Å². The average molecular weight is 253 g/mol. The first-order chi connectivity index (χ1) is 8.08. The zero-order valence-electron chi connectivity index (χ0n) is 8.75. The molecule has 2 aromatic rings. The molecule has 1 atom stereocenters. The van der Waals surface area contributed by atoms with Crippen LogP contribution in [0.4, 0.5) is 11.8 Å². The molecule has 0 aliphatic rings. The molecule has 90 valence electrons. The number of primary amides is 1. The van der Waals surface area contributed by atoms with Crippen molar-refractivity contribution >= 4 is 39.2 Å². The number of amides is 1. The van der Waals surface area contributed by atoms with E-state index in [1.807, 2.05) is 11.4 Å². The van der Waals surface area contributed by atoms with Crippen molar-refractivity contribution in [1.29, 1.82) is 0 Å². The second-order valence-corrected chi connectivity index (χ2v) is 4.26. The molecule has 2 heterocycles. The fourth-order valence-electron chi connectivity index (χ4n) is 1.30. The van der Waals surface area contributed by atoms with Gasteiger partial charge in [0.2, 0.25) is 11.9 Å². The summed E-state index contributed by atoms with van der Waals surface area (Å²) in [5.41, 5.74) is 10.5. The Morgan fingerprint density at radius 3 is 3.06 bits per heavy atom. The molecular weight excluding hydrogens is 242 g/mol. The van der Waals surface area contributed by atoms with Crippen LogP contribution >= 0.6 is 11.3 Å². The van der Waals surface area contributed by atoms with Gasteiger partial charge in [0.25, 0.3) is 0 Å². The highest BCUT2D eigenvalue weighted by atomic mass is 32.1. The van der Waals surface area contributed by atoms with E-state index in [9.17, 15) is 9.90 Å². The third kappa shape index (κ3) is 2.43. The molecule has 6 N–H and O–H groups in total. The Labute approximate surface area is 100 Å². The maximum atomic E-state index is 10.7. The molecule has 0 saturated heterocycles. The quantitative estimate of drug-likeness (QED) is 0.583. The topological polar surface area (TPSA) is 127 Å². The zero-order valence-corrected chi connectivity index (χ0v) is 9.57. The predicted octanol–water partition coefficient (Wildman–Crippen LogP) is -0.468. The van der Waals surface area contributed by atoms with Crippen LogP contribution in [0.1, 0.15) is 0 Å². The van der Waals surface area contributed by atoms with E-state index >= 15 is 0 Å². The van der Waals surface area contributed by atoms with Crippen LogP contribution in [0, 0.1) is 0 Å². The average Bonchev–Trinajstić information content (AvgIpc) is 2.72. The second-order valence-electron chi connectivity index (χ2n) is 3.37. The van der Waals surface area contributed by atoms with Crippen molar-refractivity contribution in [3.05, 3.63) is 11.4 Å². The number of nitrogens with zero attached hydrogens (tertiary/aromatic N) is 2. The Balaban J connectivity index is 2.23. The highest BCUT2D eigenvalue weighted by Gasteiger charge is 2.12. The Morgan fingerprint density at radius 1 is 1.59 bits per heavy atom. The number of aliphatic hydroxyl groups is 1. The van der Waals surface area contributed by atoms with E-state index in [-0.39, 0.29) is 12.5 Å². The fraction of sp³-hybridized carbons (Fsp3) is 0.222. The molecular formula is C9H11N5O2S. The van der Waals surface area contributed by atoms with Crippen LogP contribution in [0.15, 0.2) is 11.4 Å². The first-order valence-corrected chi connectivity index (χ1v) is 5.68. The standard InChI is InChI=1S/C9H11N5O2S/c10-6(16)5(15)3-12-7-4-1-2-17-8(4)14-9(11)13-7/h1-2,5,15H,3H2,(H2,10,16)(H3,11,12,13,14). The Bertz CT molecular complexity index is 555. The van der Waals surface area contributed by atoms with Crippen molar-refractivity contribution in [1.82, 2.24) is 9.97 Å². The molecule has 0 spiro atoms. The first-order valence-electron chi connectivity index (χ1n) is 4.80. The van der Waals surface area contributed by atoms with Gasteiger partial charge in [-0.3, -0.25) is 4.79 Å². The van der Waals surface area contributed by atoms with E-state index in [4.69, 9.17) is 11.5 Å². The van der Waals surface area contributed by atoms with E-state index in [1.54, 1.807) is 0 Å². The largest absolute Gasteiger partial charge is 0.381 e. The molecule has 0 aliphatic heterocycles. The molecule has 0 fully saturated rings. The van der Waals surface area contributed by atoms with Gasteiger partial charge >= 0.3 is 0 Å². The molecule has 0 radical (unpaired) electrons. The number of carbonyl (C=O) groups is 1. The van der Waals surface area contributed by atoms with E-state index in [0.29, 0.717) is 5.82 Å². The molecule has 2 aromatic heterocycles. The summed E-state index contributed by atoms with van der Waals surface area (Å²) in [5, 5.41) is 14.7. The van der Waals surface area contributed by atoms with E-state index in [1.165, 1.54) is 11.3 Å². The summed E-state index contributed by atoms with van der Waals surface area (Å²) in [7, 11) is 0. The van der Waals surface area contributed by atoms with Crippen LogP contribution in [-0.4, -0.2) is 33.6 Å². The lowest BCUT2D eigenvalue weighted by molar-refractivity contribution is -0.125. The summed E-state index contributed by atoms with van der Waals surface area (Å²) in [6.07, 6.45) is -1.26. The summed E-state index contributed by atoms with van der Waals surface area (Å²) in [5.74, 6) is -0.175. The fourth-order valence-corrected chi connectivity index (χ4v) is 2.07. The molecule has 1 unspecified atom stereocenters. The second kappa shape index (κ2) is 4.52. The summed E-state index contributed by atoms with van der Waals surface area (Å²) in [6, 6.07) is 1.83. The number of carbonyl (C=O) groups excluding carboxylic acids is 1. The van der Waals surface area contributed by atoms with Crippen LogP contribution in [0.5, 0.6) is 0 Å². The van der Waals surface area contributed by atoms with Gasteiger partial charge in [-0.2, -0.15) is 4.98 Å². The van der Waals surface area contributed by atoms with Crippen molar-refractivity contribution in [3.63, 3.8) is 0 Å². The molecule has 0 bridgehead atoms. The summed E-state index contributed by atoms with van der Waals surface area (Å²) in [6.45, 7) is -0.0171. The van der Waals surface area contributed by atoms with Gasteiger partial charge in [-0.15, -0.1) is 11.3 Å². The summed E-state index contributed by atoms with van der Waals surface area (Å²) in [4.78, 5) is 19.5. The Hall–Kier alpha value is -1.93. The number of nitrogens with two attached hydrogens (primary N) is 2. The summed E-state index contributed by atoms with van der Waals surface area (Å²) < 4.78 is 0. The van der Waals surface area contributed by atoms with E-state index < -0.39 is 12.0 Å². The third-order valence-corrected chi connectivity index (χ3v) is 2.94. The zero-order chi connectivity index (χ0) is 12.4. The normalized spacial score (nSPS) is 12.5. The number of thiophene rings is 1. The van der Waals surface area contributed by atoms with Gasteiger partial charge in [0.15, 0.2) is 0 Å². The van der Waals surface area contributed by atoms with Crippen molar-refractivity contribution < 1.29 is 9.90 Å². The number of aliphatic hydroxyl groups excluding tert-OH is 1. The van der Waals surface area contributed by atoms with Gasteiger partial charge in [-0.25, -0.2) is 4.98 Å². The van der Waals surface area contributed by atoms with Crippen molar-refractivity contribution in [2.45, 2.75) is 6.10 Å². The van der Waals surface area contributed by atoms with Gasteiger partial charge in [-0.05, 0) is 11.4 Å². The number of fused-ring (bicyclic) bond motifs is 1. The number of rotatable bonds is 4. The Kier molecular flexibility index (Phi) is 3.07. The molecule has 8 heteroatoms. The number of nitrogen functional groups attached to an aromatic ring is 1. The maximum absolute atomic E-state index is 10.7. The van der Waals surface area contributed by atoms with Gasteiger partial charge in [0.05, 0.1) is 11.9 Å². The molecule has 17 heavy (non-hydrogen) atoms. The molecule has 7 nitrogen and oxygen atoms in total. The van der Waals surface area contributed by atoms with E-state index in [0.717, 1.165) is 10.2 Å². The smallest absolute Gasteiger partial charge is 0.248 e. The minimum Gasteiger partial charge on any atom is -0.381 e. The highest BCUT2D eigenvalue weighted by molar-refractivity contribution is 7.16. The maximum Gasteiger partial charge on any atom is 0.248 e. The van der Waals surface area contributed by atoms with Gasteiger partial charge in [0, 0.05) is 0 Å². The molecule has 0 aromatic carbocycles. The molecule has 2 rings (SSSR count). The first kappa shape index (κ1) is 11.6. The van der Waals surface area contributed by atoms with E-state index in [2.05, 4.69) is 15.3 Å². The van der Waals surface area contributed by atoms with Crippen LogP contribution in [-0.2, 0) is 4.79 Å². The Morgan fingerprint density at radius 2 is 2.35 bits per heavy atom. The number of anilines is 2. The number of hydrogen-bond acceptors (Lipinski definition) is 7. The predicted molar refractivity (Wildman–Crippen MR) is 65.5 cm³/mol. The lowest BCUT2D eigenvalue weighted by Gasteiger charge is -2.09. The van der Waals surface area contributed by atoms with Crippen LogP contribution in [0.2, 0.25) is 0 Å². The van der Waals surface area contributed by atoms with Crippen LogP contribution in [0.25, 0.3) is 10.2 Å². The number of aromatic nitrogens is 2. The van der Waals surface area contributed by atoms with Gasteiger partial charge in [0.1, 0.15) is 16.8 Å². The number of nitrogens with one attached hydrogen (secondary N) is 1. The highest BCUT2D eigenvalue weighted by Crippen LogP contribution is 2.25. The summed E-state index contributed by atoms with van der Waals surface area (Å²) >= 11 is 1.43.